The van der Waals surface area contributed by atoms with Gasteiger partial charge in [-0.05, 0) is 40.0 Å². The summed E-state index contributed by atoms with van der Waals surface area (Å²) >= 11 is 0. The van der Waals surface area contributed by atoms with Crippen LogP contribution in [0, 0.1) is 13.8 Å². The second kappa shape index (κ2) is 6.15. The third-order valence-electron chi connectivity index (χ3n) is 4.39. The first kappa shape index (κ1) is 16.0. The van der Waals surface area contributed by atoms with Crippen LogP contribution in [0.25, 0.3) is 0 Å². The number of hydrogen-bond acceptors (Lipinski definition) is 4. The minimum Gasteiger partial charge on any atom is -0.393 e. The van der Waals surface area contributed by atoms with Crippen LogP contribution >= 0.6 is 0 Å². The first-order chi connectivity index (χ1) is 9.91. The van der Waals surface area contributed by atoms with Gasteiger partial charge in [0.05, 0.1) is 23.5 Å². The van der Waals surface area contributed by atoms with Gasteiger partial charge in [0.2, 0.25) is 0 Å². The number of likely N-dealkylation sites (tertiary alicyclic amines) is 1. The van der Waals surface area contributed by atoms with Gasteiger partial charge in [-0.3, -0.25) is 9.48 Å². The van der Waals surface area contributed by atoms with E-state index < -0.39 is 5.60 Å². The van der Waals surface area contributed by atoms with Crippen LogP contribution in [0.15, 0.2) is 0 Å². The number of nitrogens with zero attached hydrogens (tertiary/aromatic N) is 3. The standard InChI is InChI=1S/C15H25N3O3/c1-4-18-12(3)13(11(2)16-18)14(20)17-8-5-6-15(21,10-19)7-9-17/h19,21H,4-10H2,1-3H3/t15-/m1/s1. The summed E-state index contributed by atoms with van der Waals surface area (Å²) in [6.45, 7) is 7.34. The molecule has 0 unspecified atom stereocenters. The van der Waals surface area contributed by atoms with Crippen molar-refractivity contribution < 1.29 is 15.0 Å². The van der Waals surface area contributed by atoms with E-state index >= 15 is 0 Å². The number of aryl methyl sites for hydroxylation is 2. The molecule has 1 aromatic rings. The summed E-state index contributed by atoms with van der Waals surface area (Å²) in [6, 6.07) is 0. The van der Waals surface area contributed by atoms with E-state index in [-0.39, 0.29) is 12.5 Å². The molecule has 1 aromatic heterocycles. The van der Waals surface area contributed by atoms with Crippen LogP contribution in [-0.2, 0) is 6.54 Å². The van der Waals surface area contributed by atoms with Crippen molar-refractivity contribution in [1.82, 2.24) is 14.7 Å². The van der Waals surface area contributed by atoms with E-state index in [2.05, 4.69) is 5.10 Å². The van der Waals surface area contributed by atoms with E-state index in [0.29, 0.717) is 37.9 Å². The number of carbonyl (C=O) groups is 1. The molecule has 0 aliphatic carbocycles. The molecule has 0 spiro atoms. The fourth-order valence-electron chi connectivity index (χ4n) is 3.01. The van der Waals surface area contributed by atoms with Crippen molar-refractivity contribution in [2.45, 2.75) is 52.2 Å². The summed E-state index contributed by atoms with van der Waals surface area (Å²) in [5, 5.41) is 23.8. The zero-order valence-electron chi connectivity index (χ0n) is 13.1. The monoisotopic (exact) mass is 295 g/mol. The second-order valence-electron chi connectivity index (χ2n) is 5.89. The van der Waals surface area contributed by atoms with Gasteiger partial charge in [-0.2, -0.15) is 5.10 Å². The number of carbonyl (C=O) groups excluding carboxylic acids is 1. The highest BCUT2D eigenvalue weighted by molar-refractivity contribution is 5.96. The topological polar surface area (TPSA) is 78.6 Å². The molecular formula is C15H25N3O3. The van der Waals surface area contributed by atoms with Gasteiger partial charge in [0.15, 0.2) is 0 Å². The Labute approximate surface area is 125 Å². The highest BCUT2D eigenvalue weighted by atomic mass is 16.3. The lowest BCUT2D eigenvalue weighted by atomic mass is 9.96. The largest absolute Gasteiger partial charge is 0.393 e. The van der Waals surface area contributed by atoms with Gasteiger partial charge in [-0.1, -0.05) is 0 Å². The zero-order chi connectivity index (χ0) is 15.6. The molecule has 0 bridgehead atoms. The molecule has 1 amide bonds. The fourth-order valence-corrected chi connectivity index (χ4v) is 3.01. The van der Waals surface area contributed by atoms with Gasteiger partial charge in [0.25, 0.3) is 5.91 Å². The average Bonchev–Trinajstić information content (AvgIpc) is 2.63. The first-order valence-corrected chi connectivity index (χ1v) is 7.58. The summed E-state index contributed by atoms with van der Waals surface area (Å²) < 4.78 is 1.84. The Balaban J connectivity index is 2.19. The van der Waals surface area contributed by atoms with Gasteiger partial charge in [-0.25, -0.2) is 0 Å². The van der Waals surface area contributed by atoms with E-state index in [9.17, 15) is 15.0 Å². The van der Waals surface area contributed by atoms with Gasteiger partial charge in [0, 0.05) is 25.3 Å². The maximum Gasteiger partial charge on any atom is 0.257 e. The van der Waals surface area contributed by atoms with E-state index in [1.54, 1.807) is 4.90 Å². The molecule has 1 fully saturated rings. The molecular weight excluding hydrogens is 270 g/mol. The SMILES string of the molecule is CCn1nc(C)c(C(=O)N2CCC[C@](O)(CO)CC2)c1C. The summed E-state index contributed by atoms with van der Waals surface area (Å²) in [4.78, 5) is 14.5. The van der Waals surface area contributed by atoms with Crippen LogP contribution in [0.2, 0.25) is 0 Å². The fraction of sp³-hybridized carbons (Fsp3) is 0.733. The van der Waals surface area contributed by atoms with Crippen molar-refractivity contribution in [2.75, 3.05) is 19.7 Å². The number of rotatable bonds is 3. The van der Waals surface area contributed by atoms with Crippen molar-refractivity contribution in [3.05, 3.63) is 17.0 Å². The van der Waals surface area contributed by atoms with Crippen molar-refractivity contribution in [1.29, 1.82) is 0 Å². The van der Waals surface area contributed by atoms with Gasteiger partial charge in [-0.15, -0.1) is 0 Å². The van der Waals surface area contributed by atoms with Crippen LogP contribution in [0.5, 0.6) is 0 Å². The molecule has 0 aromatic carbocycles. The third kappa shape index (κ3) is 3.11. The molecule has 6 nitrogen and oxygen atoms in total. The average molecular weight is 295 g/mol. The van der Waals surface area contributed by atoms with Crippen LogP contribution in [0.4, 0.5) is 0 Å². The third-order valence-corrected chi connectivity index (χ3v) is 4.39. The lowest BCUT2D eigenvalue weighted by Gasteiger charge is -2.24. The maximum atomic E-state index is 12.8. The molecule has 118 valence electrons. The lowest BCUT2D eigenvalue weighted by Crippen LogP contribution is -2.36. The van der Waals surface area contributed by atoms with Crippen LogP contribution in [0.1, 0.15) is 47.9 Å². The van der Waals surface area contributed by atoms with Crippen molar-refractivity contribution in [3.63, 3.8) is 0 Å². The Hall–Kier alpha value is -1.40. The highest BCUT2D eigenvalue weighted by Crippen LogP contribution is 2.24. The molecule has 6 heteroatoms. The summed E-state index contributed by atoms with van der Waals surface area (Å²) in [5.41, 5.74) is 1.26. The van der Waals surface area contributed by atoms with Crippen LogP contribution < -0.4 is 0 Å². The van der Waals surface area contributed by atoms with E-state index in [0.717, 1.165) is 17.9 Å². The molecule has 1 saturated heterocycles. The van der Waals surface area contributed by atoms with Gasteiger partial charge >= 0.3 is 0 Å². The number of hydrogen-bond donors (Lipinski definition) is 2. The van der Waals surface area contributed by atoms with Crippen molar-refractivity contribution in [2.24, 2.45) is 0 Å². The Kier molecular flexibility index (Phi) is 4.68. The molecule has 0 saturated carbocycles. The number of aromatic nitrogens is 2. The molecule has 1 aliphatic heterocycles. The lowest BCUT2D eigenvalue weighted by molar-refractivity contribution is -0.0250. The Morgan fingerprint density at radius 2 is 2.05 bits per heavy atom. The summed E-state index contributed by atoms with van der Waals surface area (Å²) in [5.74, 6) is -0.0214. The predicted octanol–water partition coefficient (Wildman–Crippen LogP) is 0.869. The maximum absolute atomic E-state index is 12.8. The molecule has 0 radical (unpaired) electrons. The Morgan fingerprint density at radius 1 is 1.33 bits per heavy atom. The van der Waals surface area contributed by atoms with Gasteiger partial charge < -0.3 is 15.1 Å². The molecule has 2 rings (SSSR count). The van der Waals surface area contributed by atoms with E-state index in [1.807, 2.05) is 25.5 Å². The number of aliphatic hydroxyl groups excluding tert-OH is 1. The van der Waals surface area contributed by atoms with Crippen LogP contribution in [0.3, 0.4) is 0 Å². The molecule has 1 aliphatic rings. The normalized spacial score (nSPS) is 23.2. The number of amides is 1. The van der Waals surface area contributed by atoms with Crippen molar-refractivity contribution in [3.8, 4) is 0 Å². The summed E-state index contributed by atoms with van der Waals surface area (Å²) in [7, 11) is 0. The molecule has 2 N–H and O–H groups in total. The Morgan fingerprint density at radius 3 is 2.62 bits per heavy atom. The summed E-state index contributed by atoms with van der Waals surface area (Å²) in [6.07, 6.45) is 1.64. The van der Waals surface area contributed by atoms with Crippen LogP contribution in [-0.4, -0.2) is 56.1 Å². The second-order valence-corrected chi connectivity index (χ2v) is 5.89. The van der Waals surface area contributed by atoms with E-state index in [4.69, 9.17) is 0 Å². The van der Waals surface area contributed by atoms with Gasteiger partial charge in [0.1, 0.15) is 0 Å². The quantitative estimate of drug-likeness (QED) is 0.867. The smallest absolute Gasteiger partial charge is 0.257 e. The minimum absolute atomic E-state index is 0.0214. The van der Waals surface area contributed by atoms with Crippen molar-refractivity contribution >= 4 is 5.91 Å². The molecule has 1 atom stereocenters. The zero-order valence-corrected chi connectivity index (χ0v) is 13.1. The number of aliphatic hydroxyl groups is 2. The minimum atomic E-state index is -1.05. The highest BCUT2D eigenvalue weighted by Gasteiger charge is 2.32. The molecule has 21 heavy (non-hydrogen) atoms. The first-order valence-electron chi connectivity index (χ1n) is 7.58. The molecule has 2 heterocycles. The Bertz CT molecular complexity index is 526. The predicted molar refractivity (Wildman–Crippen MR) is 79.2 cm³/mol. The van der Waals surface area contributed by atoms with E-state index in [1.165, 1.54) is 0 Å².